The van der Waals surface area contributed by atoms with Gasteiger partial charge in [-0.05, 0) is 42.0 Å². The van der Waals surface area contributed by atoms with E-state index in [4.69, 9.17) is 9.15 Å². The Labute approximate surface area is 244 Å². The lowest BCUT2D eigenvalue weighted by Gasteiger charge is -2.20. The fourth-order valence-electron chi connectivity index (χ4n) is 4.20. The molecule has 3 aromatic carbocycles. The zero-order chi connectivity index (χ0) is 31.0. The number of hydrogen-bond donors (Lipinski definition) is 2. The molecule has 11 heteroatoms. The van der Waals surface area contributed by atoms with Gasteiger partial charge in [0.2, 0.25) is 5.89 Å². The van der Waals surface area contributed by atoms with Crippen LogP contribution in [0.1, 0.15) is 34.3 Å². The van der Waals surface area contributed by atoms with Crippen molar-refractivity contribution in [2.24, 2.45) is 0 Å². The molecule has 1 aromatic heterocycles. The van der Waals surface area contributed by atoms with Crippen LogP contribution in [0, 0.1) is 5.82 Å². The van der Waals surface area contributed by atoms with Crippen LogP contribution in [0.2, 0.25) is 0 Å². The maximum atomic E-state index is 13.7. The Morgan fingerprint density at radius 3 is 2.30 bits per heavy atom. The Morgan fingerprint density at radius 1 is 1.02 bits per heavy atom. The Balaban J connectivity index is 1.37. The first-order valence-electron chi connectivity index (χ1n) is 13.4. The number of aromatic nitrogens is 1. The molecule has 1 atom stereocenters. The second kappa shape index (κ2) is 13.8. The quantitative estimate of drug-likeness (QED) is 0.102. The average molecular weight is 597 g/mol. The van der Waals surface area contributed by atoms with Gasteiger partial charge in [-0.15, -0.1) is 0 Å². The highest BCUT2D eigenvalue weighted by atomic mass is 19.4. The van der Waals surface area contributed by atoms with Gasteiger partial charge < -0.3 is 19.6 Å². The molecule has 4 rings (SSSR count). The predicted molar refractivity (Wildman–Crippen MR) is 150 cm³/mol. The molecule has 43 heavy (non-hydrogen) atoms. The molecule has 0 radical (unpaired) electrons. The van der Waals surface area contributed by atoms with Gasteiger partial charge >= 0.3 is 12.1 Å². The van der Waals surface area contributed by atoms with E-state index < -0.39 is 29.7 Å². The van der Waals surface area contributed by atoms with Crippen LogP contribution in [-0.2, 0) is 24.1 Å². The van der Waals surface area contributed by atoms with Crippen molar-refractivity contribution in [3.63, 3.8) is 0 Å². The Bertz CT molecular complexity index is 1560. The van der Waals surface area contributed by atoms with Crippen molar-refractivity contribution < 1.29 is 41.4 Å². The fraction of sp³-hybridized carbons (Fsp3) is 0.219. The molecule has 0 unspecified atom stereocenters. The number of rotatable bonds is 13. The summed E-state index contributed by atoms with van der Waals surface area (Å²) in [7, 11) is 0. The second-order valence-electron chi connectivity index (χ2n) is 9.52. The molecular weight excluding hydrogens is 568 g/mol. The molecule has 0 saturated heterocycles. The fourth-order valence-corrected chi connectivity index (χ4v) is 4.20. The number of nitrogens with zero attached hydrogens (tertiary/aromatic N) is 1. The summed E-state index contributed by atoms with van der Waals surface area (Å²) in [6.07, 6.45) is -3.87. The van der Waals surface area contributed by atoms with E-state index in [-0.39, 0.29) is 24.4 Å². The van der Waals surface area contributed by atoms with Crippen LogP contribution in [0.15, 0.2) is 95.1 Å². The number of carbonyl (C=O) groups excluding carboxylic acids is 1. The van der Waals surface area contributed by atoms with E-state index in [1.165, 1.54) is 36.4 Å². The molecule has 4 aromatic rings. The zero-order valence-electron chi connectivity index (χ0n) is 23.0. The summed E-state index contributed by atoms with van der Waals surface area (Å²) in [6.45, 7) is 2.17. The Morgan fingerprint density at radius 2 is 1.70 bits per heavy atom. The van der Waals surface area contributed by atoms with Crippen molar-refractivity contribution in [2.75, 3.05) is 6.61 Å². The monoisotopic (exact) mass is 596 g/mol. The highest BCUT2D eigenvalue weighted by Gasteiger charge is 2.37. The van der Waals surface area contributed by atoms with Crippen LogP contribution in [0.4, 0.5) is 17.6 Å². The van der Waals surface area contributed by atoms with Crippen molar-refractivity contribution in [2.45, 2.75) is 38.4 Å². The lowest BCUT2D eigenvalue weighted by molar-refractivity contribution is -0.140. The number of ether oxygens (including phenoxy) is 1. The van der Waals surface area contributed by atoms with Crippen molar-refractivity contribution >= 4 is 11.8 Å². The van der Waals surface area contributed by atoms with Crippen LogP contribution in [-0.4, -0.2) is 40.7 Å². The SMILES string of the molecule is CCc1oc(-c2ccc(F)cc2)nc1CCOc1ccc(C[C@H](NC(=CC(=O)c2ccccc2)C(F)(F)F)C(=O)O)cc1. The topological polar surface area (TPSA) is 102 Å². The molecule has 0 fully saturated rings. The summed E-state index contributed by atoms with van der Waals surface area (Å²) in [5.41, 5.74) is 0.380. The van der Waals surface area contributed by atoms with Crippen LogP contribution in [0.5, 0.6) is 5.75 Å². The minimum absolute atomic E-state index is 0.0382. The van der Waals surface area contributed by atoms with E-state index in [9.17, 15) is 32.3 Å². The summed E-state index contributed by atoms with van der Waals surface area (Å²) in [4.78, 5) is 28.7. The molecule has 7 nitrogen and oxygen atoms in total. The number of aliphatic carboxylic acids is 1. The van der Waals surface area contributed by atoms with E-state index >= 15 is 0 Å². The van der Waals surface area contributed by atoms with Crippen molar-refractivity contribution in [3.05, 3.63) is 119 Å². The number of halogens is 4. The number of benzene rings is 3. The lowest BCUT2D eigenvalue weighted by Crippen LogP contribution is -2.42. The highest BCUT2D eigenvalue weighted by Crippen LogP contribution is 2.26. The standard InChI is InChI=1S/C32H28F4N2O5/c1-2-28-25(38-30(43-28)22-10-12-23(33)13-11-22)16-17-42-24-14-8-20(9-15-24)18-26(31(40)41)37-29(32(34,35)36)19-27(39)21-6-4-3-5-7-21/h3-15,19,26,37H,2,16-18H2,1H3,(H,40,41)/t26-/m0/s1. The number of hydrogen-bond acceptors (Lipinski definition) is 6. The van der Waals surface area contributed by atoms with Gasteiger partial charge in [-0.3, -0.25) is 4.79 Å². The Hall–Kier alpha value is -4.93. The van der Waals surface area contributed by atoms with E-state index in [0.29, 0.717) is 53.1 Å². The van der Waals surface area contributed by atoms with Crippen LogP contribution < -0.4 is 10.1 Å². The molecule has 0 saturated carbocycles. The Kier molecular flexibility index (Phi) is 9.97. The maximum absolute atomic E-state index is 13.7. The molecule has 0 aliphatic carbocycles. The number of allylic oxidation sites excluding steroid dienone is 2. The molecule has 1 heterocycles. The van der Waals surface area contributed by atoms with Gasteiger partial charge in [0.1, 0.15) is 29.1 Å². The van der Waals surface area contributed by atoms with Gasteiger partial charge in [0.15, 0.2) is 5.78 Å². The van der Waals surface area contributed by atoms with Gasteiger partial charge in [0, 0.05) is 36.5 Å². The lowest BCUT2D eigenvalue weighted by atomic mass is 10.0. The van der Waals surface area contributed by atoms with E-state index in [1.54, 1.807) is 42.5 Å². The first kappa shape index (κ1) is 31.0. The predicted octanol–water partition coefficient (Wildman–Crippen LogP) is 6.58. The zero-order valence-corrected chi connectivity index (χ0v) is 23.0. The third-order valence-electron chi connectivity index (χ3n) is 6.43. The van der Waals surface area contributed by atoms with E-state index in [2.05, 4.69) is 4.98 Å². The van der Waals surface area contributed by atoms with Crippen LogP contribution in [0.25, 0.3) is 11.5 Å². The second-order valence-corrected chi connectivity index (χ2v) is 9.52. The number of carboxylic acids is 1. The number of carbonyl (C=O) groups is 2. The molecule has 0 aliphatic rings. The van der Waals surface area contributed by atoms with Crippen molar-refractivity contribution in [1.82, 2.24) is 10.3 Å². The summed E-state index contributed by atoms with van der Waals surface area (Å²) in [5, 5.41) is 11.6. The molecular formula is C32H28F4N2O5. The van der Waals surface area contributed by atoms with Crippen LogP contribution >= 0.6 is 0 Å². The van der Waals surface area contributed by atoms with E-state index in [0.717, 1.165) is 0 Å². The van der Waals surface area contributed by atoms with E-state index in [1.807, 2.05) is 12.2 Å². The minimum atomic E-state index is -4.98. The number of aryl methyl sites for hydroxylation is 1. The van der Waals surface area contributed by atoms with Gasteiger partial charge in [0.05, 0.1) is 12.3 Å². The maximum Gasteiger partial charge on any atom is 0.431 e. The largest absolute Gasteiger partial charge is 0.493 e. The molecule has 0 bridgehead atoms. The molecule has 0 aliphatic heterocycles. The minimum Gasteiger partial charge on any atom is -0.493 e. The number of alkyl halides is 3. The smallest absolute Gasteiger partial charge is 0.431 e. The molecule has 0 amide bonds. The van der Waals surface area contributed by atoms with Crippen molar-refractivity contribution in [3.8, 4) is 17.2 Å². The summed E-state index contributed by atoms with van der Waals surface area (Å²) in [5.74, 6) is -1.25. The number of carboxylic acid groups (broad SMARTS) is 1. The van der Waals surface area contributed by atoms with Gasteiger partial charge in [-0.25, -0.2) is 14.2 Å². The van der Waals surface area contributed by atoms with Gasteiger partial charge in [-0.1, -0.05) is 49.4 Å². The summed E-state index contributed by atoms with van der Waals surface area (Å²) >= 11 is 0. The van der Waals surface area contributed by atoms with Crippen LogP contribution in [0.3, 0.4) is 0 Å². The third-order valence-corrected chi connectivity index (χ3v) is 6.43. The highest BCUT2D eigenvalue weighted by molar-refractivity contribution is 6.05. The van der Waals surface area contributed by atoms with Gasteiger partial charge in [-0.2, -0.15) is 13.2 Å². The first-order chi connectivity index (χ1) is 20.5. The average Bonchev–Trinajstić information content (AvgIpc) is 3.40. The van der Waals surface area contributed by atoms with Gasteiger partial charge in [0.25, 0.3) is 0 Å². The summed E-state index contributed by atoms with van der Waals surface area (Å²) in [6, 6.07) is 17.8. The molecule has 2 N–H and O–H groups in total. The number of oxazole rings is 1. The number of nitrogens with one attached hydrogen (secondary N) is 1. The number of ketones is 1. The first-order valence-corrected chi connectivity index (χ1v) is 13.4. The third kappa shape index (κ3) is 8.54. The van der Waals surface area contributed by atoms with Crippen molar-refractivity contribution in [1.29, 1.82) is 0 Å². The normalized spacial score (nSPS) is 12.5. The summed E-state index contributed by atoms with van der Waals surface area (Å²) < 4.78 is 65.9. The molecule has 0 spiro atoms. The molecule has 224 valence electrons.